The zero-order valence-electron chi connectivity index (χ0n) is 12.3. The highest BCUT2D eigenvalue weighted by Gasteiger charge is 2.61. The van der Waals surface area contributed by atoms with Gasteiger partial charge in [0.1, 0.15) is 5.25 Å². The van der Waals surface area contributed by atoms with E-state index < -0.39 is 32.7 Å². The minimum absolute atomic E-state index is 0.0384. The molecule has 3 saturated heterocycles. The maximum absolute atomic E-state index is 13.1. The van der Waals surface area contributed by atoms with Crippen molar-refractivity contribution in [2.45, 2.75) is 36.5 Å². The Balaban J connectivity index is 1.77. The highest BCUT2D eigenvalue weighted by Crippen LogP contribution is 2.49. The molecule has 0 N–H and O–H groups in total. The summed E-state index contributed by atoms with van der Waals surface area (Å²) >= 11 is 0. The number of benzene rings is 1. The molecular formula is C15H13F3N2O3S. The second kappa shape index (κ2) is 4.86. The van der Waals surface area contributed by atoms with Crippen LogP contribution in [0, 0.1) is 12.5 Å². The van der Waals surface area contributed by atoms with Gasteiger partial charge in [0.05, 0.1) is 24.3 Å². The molecule has 0 aromatic heterocycles. The number of hydrogen-bond acceptors (Lipinski definition) is 3. The summed E-state index contributed by atoms with van der Waals surface area (Å²) in [5.41, 5.74) is -1.68. The van der Waals surface area contributed by atoms with Crippen LogP contribution in [0.3, 0.4) is 0 Å². The zero-order chi connectivity index (χ0) is 17.3. The number of nitrogens with zero attached hydrogens (tertiary/aromatic N) is 2. The topological polar surface area (TPSA) is 51.0 Å². The predicted octanol–water partition coefficient (Wildman–Crippen LogP) is 2.95. The molecule has 128 valence electrons. The van der Waals surface area contributed by atoms with Crippen LogP contribution in [0.25, 0.3) is 4.85 Å². The largest absolute Gasteiger partial charge is 0.407 e. The Bertz CT molecular complexity index is 847. The number of ether oxygens (including phenoxy) is 1. The third-order valence-corrected chi connectivity index (χ3v) is 7.39. The number of anilines is 1. The van der Waals surface area contributed by atoms with E-state index in [4.69, 9.17) is 11.3 Å². The van der Waals surface area contributed by atoms with Crippen molar-refractivity contribution in [2.24, 2.45) is 5.92 Å². The number of sulfonamides is 1. The lowest BCUT2D eigenvalue weighted by molar-refractivity contribution is -0.136. The van der Waals surface area contributed by atoms with Crippen LogP contribution in [0.15, 0.2) is 18.2 Å². The summed E-state index contributed by atoms with van der Waals surface area (Å²) in [5.74, 6) is -0.205. The minimum Gasteiger partial charge on any atom is -0.373 e. The van der Waals surface area contributed by atoms with Crippen molar-refractivity contribution in [3.8, 4) is 0 Å². The van der Waals surface area contributed by atoms with Crippen LogP contribution in [0.4, 0.5) is 24.5 Å². The van der Waals surface area contributed by atoms with Crippen molar-refractivity contribution in [3.63, 3.8) is 0 Å². The second-order valence-corrected chi connectivity index (χ2v) is 8.32. The highest BCUT2D eigenvalue weighted by molar-refractivity contribution is 7.93. The molecular weight excluding hydrogens is 345 g/mol. The summed E-state index contributed by atoms with van der Waals surface area (Å²) in [6.45, 7) is 6.99. The van der Waals surface area contributed by atoms with Crippen molar-refractivity contribution in [3.05, 3.63) is 35.2 Å². The van der Waals surface area contributed by atoms with E-state index in [0.717, 1.165) is 22.9 Å². The van der Waals surface area contributed by atoms with E-state index in [1.165, 1.54) is 6.07 Å². The SMILES string of the molecule is [C-]#[N+]c1ccc(N2C[C@H]3[C@H]([C@@H]4CC[C@H]3O4)S2(=O)=O)cc1C(F)(F)F. The van der Waals surface area contributed by atoms with Gasteiger partial charge in [-0.3, -0.25) is 4.31 Å². The Kier molecular flexibility index (Phi) is 3.19. The standard InChI is InChI=1S/C15H13F3N2O3S/c1-19-11-3-2-8(6-10(11)15(16,17)18)20-7-9-12-4-5-13(23-12)14(9)24(20,21)22/h2-3,6,9,12-14H,4-5,7H2/t9-,12-,13+,14-/m1/s1. The van der Waals surface area contributed by atoms with E-state index >= 15 is 0 Å². The number of halogens is 3. The molecule has 9 heteroatoms. The van der Waals surface area contributed by atoms with E-state index in [1.807, 2.05) is 0 Å². The lowest BCUT2D eigenvalue weighted by Gasteiger charge is -2.22. The van der Waals surface area contributed by atoms with Crippen molar-refractivity contribution in [2.75, 3.05) is 10.8 Å². The average molecular weight is 358 g/mol. The Hall–Kier alpha value is -1.79. The first kappa shape index (κ1) is 15.7. The minimum atomic E-state index is -4.71. The van der Waals surface area contributed by atoms with Gasteiger partial charge in [-0.2, -0.15) is 13.2 Å². The third kappa shape index (κ3) is 2.06. The molecule has 0 spiro atoms. The van der Waals surface area contributed by atoms with Gasteiger partial charge >= 0.3 is 6.18 Å². The molecule has 3 aliphatic heterocycles. The summed E-state index contributed by atoms with van der Waals surface area (Å²) in [6.07, 6.45) is -3.75. The Morgan fingerprint density at radius 3 is 2.58 bits per heavy atom. The van der Waals surface area contributed by atoms with Gasteiger partial charge in [-0.05, 0) is 25.0 Å². The van der Waals surface area contributed by atoms with Gasteiger partial charge in [-0.25, -0.2) is 13.3 Å². The lowest BCUT2D eigenvalue weighted by atomic mass is 9.89. The number of fused-ring (bicyclic) bond motifs is 5. The van der Waals surface area contributed by atoms with E-state index in [2.05, 4.69) is 4.85 Å². The molecule has 2 bridgehead atoms. The molecule has 0 unspecified atom stereocenters. The molecule has 0 amide bonds. The molecule has 5 nitrogen and oxygen atoms in total. The maximum Gasteiger partial charge on any atom is 0.407 e. The molecule has 3 aliphatic rings. The van der Waals surface area contributed by atoms with Crippen LogP contribution in [-0.4, -0.2) is 32.4 Å². The van der Waals surface area contributed by atoms with Gasteiger partial charge < -0.3 is 4.74 Å². The number of hydrogen-bond donors (Lipinski definition) is 0. The fourth-order valence-electron chi connectivity index (χ4n) is 4.07. The summed E-state index contributed by atoms with van der Waals surface area (Å²) in [6, 6.07) is 3.05. The first-order valence-corrected chi connectivity index (χ1v) is 8.99. The quantitative estimate of drug-likeness (QED) is 0.726. The predicted molar refractivity (Wildman–Crippen MR) is 79.1 cm³/mol. The monoisotopic (exact) mass is 358 g/mol. The Labute approximate surface area is 136 Å². The number of alkyl halides is 3. The Morgan fingerprint density at radius 1 is 1.25 bits per heavy atom. The summed E-state index contributed by atoms with van der Waals surface area (Å²) < 4.78 is 71.7. The molecule has 1 aromatic rings. The maximum atomic E-state index is 13.1. The molecule has 3 fully saturated rings. The summed E-state index contributed by atoms with van der Waals surface area (Å²) in [5, 5.41) is -0.675. The molecule has 0 aliphatic carbocycles. The smallest absolute Gasteiger partial charge is 0.373 e. The van der Waals surface area contributed by atoms with Gasteiger partial charge in [0.15, 0.2) is 5.69 Å². The first-order chi connectivity index (χ1) is 11.2. The van der Waals surface area contributed by atoms with E-state index in [9.17, 15) is 21.6 Å². The molecule has 24 heavy (non-hydrogen) atoms. The number of rotatable bonds is 1. The van der Waals surface area contributed by atoms with Crippen LogP contribution >= 0.6 is 0 Å². The molecule has 0 radical (unpaired) electrons. The summed E-state index contributed by atoms with van der Waals surface area (Å²) in [7, 11) is -3.77. The van der Waals surface area contributed by atoms with Gasteiger partial charge in [0, 0.05) is 18.2 Å². The molecule has 4 rings (SSSR count). The highest BCUT2D eigenvalue weighted by atomic mass is 32.2. The normalized spacial score (nSPS) is 33.5. The second-order valence-electron chi connectivity index (χ2n) is 6.31. The lowest BCUT2D eigenvalue weighted by Crippen LogP contribution is -2.36. The van der Waals surface area contributed by atoms with Gasteiger partial charge in [0.25, 0.3) is 0 Å². The van der Waals surface area contributed by atoms with Crippen molar-refractivity contribution in [1.82, 2.24) is 0 Å². The first-order valence-electron chi connectivity index (χ1n) is 7.49. The van der Waals surface area contributed by atoms with Crippen LogP contribution in [0.1, 0.15) is 18.4 Å². The van der Waals surface area contributed by atoms with E-state index in [-0.39, 0.29) is 30.4 Å². The van der Waals surface area contributed by atoms with Gasteiger partial charge in [-0.15, -0.1) is 0 Å². The Morgan fingerprint density at radius 2 is 1.96 bits per heavy atom. The van der Waals surface area contributed by atoms with E-state index in [1.54, 1.807) is 0 Å². The summed E-state index contributed by atoms with van der Waals surface area (Å²) in [4.78, 5) is 2.87. The zero-order valence-corrected chi connectivity index (χ0v) is 13.1. The fraction of sp³-hybridized carbons (Fsp3) is 0.533. The van der Waals surface area contributed by atoms with Crippen LogP contribution in [0.5, 0.6) is 0 Å². The van der Waals surface area contributed by atoms with Crippen molar-refractivity contribution >= 4 is 21.4 Å². The van der Waals surface area contributed by atoms with Crippen molar-refractivity contribution in [1.29, 1.82) is 0 Å². The average Bonchev–Trinajstić information content (AvgIpc) is 3.18. The van der Waals surface area contributed by atoms with Crippen molar-refractivity contribution < 1.29 is 26.3 Å². The van der Waals surface area contributed by atoms with Gasteiger partial charge in [-0.1, -0.05) is 6.07 Å². The van der Waals surface area contributed by atoms with E-state index in [0.29, 0.717) is 6.42 Å². The molecule has 0 saturated carbocycles. The molecule has 1 aromatic carbocycles. The van der Waals surface area contributed by atoms with Crippen LogP contribution < -0.4 is 4.31 Å². The van der Waals surface area contributed by atoms with Gasteiger partial charge in [0.2, 0.25) is 10.0 Å². The fourth-order valence-corrected chi connectivity index (χ4v) is 6.43. The molecule has 3 heterocycles. The van der Waals surface area contributed by atoms with Crippen LogP contribution in [-0.2, 0) is 20.9 Å². The van der Waals surface area contributed by atoms with Crippen LogP contribution in [0.2, 0.25) is 0 Å². The third-order valence-electron chi connectivity index (χ3n) is 5.07. The molecule has 4 atom stereocenters.